The first-order chi connectivity index (χ1) is 11.6. The second-order valence-corrected chi connectivity index (χ2v) is 6.78. The standard InChI is InChI=1S/C18H17NO4S/c1-13-4-7-16(8-5-13)24(21)12-15-6-9-17(23-15)18(20)19-11-14-3-2-10-22-14/h2-10H,11-12H2,1H3,(H,19,20)/t24-/m1/s1. The normalized spacial score (nSPS) is 12.0. The third-order valence-electron chi connectivity index (χ3n) is 3.45. The summed E-state index contributed by atoms with van der Waals surface area (Å²) in [6.07, 6.45) is 1.55. The van der Waals surface area contributed by atoms with Gasteiger partial charge in [0.15, 0.2) is 5.76 Å². The zero-order valence-corrected chi connectivity index (χ0v) is 14.0. The summed E-state index contributed by atoms with van der Waals surface area (Å²) in [6.45, 7) is 2.27. The fraction of sp³-hybridized carbons (Fsp3) is 0.167. The molecule has 0 radical (unpaired) electrons. The Labute approximate surface area is 142 Å². The highest BCUT2D eigenvalue weighted by Gasteiger charge is 2.14. The Balaban J connectivity index is 1.59. The van der Waals surface area contributed by atoms with Crippen LogP contribution in [0.15, 0.2) is 68.5 Å². The molecule has 124 valence electrons. The molecular formula is C18H17NO4S. The molecule has 3 aromatic rings. The molecule has 0 spiro atoms. The van der Waals surface area contributed by atoms with Crippen molar-refractivity contribution in [3.05, 3.63) is 77.6 Å². The summed E-state index contributed by atoms with van der Waals surface area (Å²) in [6, 6.07) is 14.3. The maximum atomic E-state index is 12.3. The van der Waals surface area contributed by atoms with Crippen LogP contribution in [0.25, 0.3) is 0 Å². The van der Waals surface area contributed by atoms with E-state index in [0.29, 0.717) is 11.5 Å². The zero-order valence-electron chi connectivity index (χ0n) is 13.2. The van der Waals surface area contributed by atoms with Crippen molar-refractivity contribution in [1.82, 2.24) is 5.32 Å². The van der Waals surface area contributed by atoms with Gasteiger partial charge in [-0.05, 0) is 43.3 Å². The van der Waals surface area contributed by atoms with E-state index in [-0.39, 0.29) is 24.0 Å². The van der Waals surface area contributed by atoms with Gasteiger partial charge >= 0.3 is 0 Å². The Bertz CT molecular complexity index is 834. The van der Waals surface area contributed by atoms with Crippen molar-refractivity contribution in [1.29, 1.82) is 0 Å². The largest absolute Gasteiger partial charge is 0.467 e. The Kier molecular flexibility index (Phi) is 4.96. The monoisotopic (exact) mass is 343 g/mol. The molecule has 0 bridgehead atoms. The molecule has 1 N–H and O–H groups in total. The first-order valence-electron chi connectivity index (χ1n) is 7.46. The van der Waals surface area contributed by atoms with Gasteiger partial charge < -0.3 is 14.2 Å². The molecular weight excluding hydrogens is 326 g/mol. The first-order valence-corrected chi connectivity index (χ1v) is 8.78. The van der Waals surface area contributed by atoms with Gasteiger partial charge in [0, 0.05) is 4.90 Å². The van der Waals surface area contributed by atoms with Crippen LogP contribution < -0.4 is 5.32 Å². The zero-order chi connectivity index (χ0) is 16.9. The summed E-state index contributed by atoms with van der Waals surface area (Å²) >= 11 is 0. The highest BCUT2D eigenvalue weighted by atomic mass is 32.2. The van der Waals surface area contributed by atoms with Gasteiger partial charge in [-0.15, -0.1) is 0 Å². The predicted molar refractivity (Wildman–Crippen MR) is 89.9 cm³/mol. The molecule has 1 aromatic carbocycles. The maximum Gasteiger partial charge on any atom is 0.287 e. The molecule has 0 aliphatic rings. The van der Waals surface area contributed by atoms with Crippen molar-refractivity contribution in [3.8, 4) is 0 Å². The minimum absolute atomic E-state index is 0.192. The van der Waals surface area contributed by atoms with E-state index in [1.807, 2.05) is 31.2 Å². The molecule has 6 heteroatoms. The van der Waals surface area contributed by atoms with Gasteiger partial charge in [-0.2, -0.15) is 0 Å². The number of carbonyl (C=O) groups excluding carboxylic acids is 1. The number of amides is 1. The molecule has 5 nitrogen and oxygen atoms in total. The van der Waals surface area contributed by atoms with Crippen LogP contribution in [0.1, 0.15) is 27.6 Å². The number of benzene rings is 1. The molecule has 0 aliphatic carbocycles. The summed E-state index contributed by atoms with van der Waals surface area (Å²) in [5.74, 6) is 1.26. The van der Waals surface area contributed by atoms with E-state index in [1.54, 1.807) is 30.5 Å². The van der Waals surface area contributed by atoms with E-state index < -0.39 is 10.8 Å². The van der Waals surface area contributed by atoms with E-state index in [4.69, 9.17) is 8.83 Å². The first kappa shape index (κ1) is 16.3. The van der Waals surface area contributed by atoms with E-state index in [0.717, 1.165) is 10.5 Å². The number of furan rings is 2. The average molecular weight is 343 g/mol. The number of carbonyl (C=O) groups is 1. The van der Waals surface area contributed by atoms with Gasteiger partial charge in [-0.25, -0.2) is 0 Å². The highest BCUT2D eigenvalue weighted by Crippen LogP contribution is 2.16. The van der Waals surface area contributed by atoms with Crippen LogP contribution in [0, 0.1) is 6.92 Å². The van der Waals surface area contributed by atoms with Crippen LogP contribution in [0.2, 0.25) is 0 Å². The predicted octanol–water partition coefficient (Wildman–Crippen LogP) is 3.42. The fourth-order valence-electron chi connectivity index (χ4n) is 2.15. The third kappa shape index (κ3) is 4.02. The molecule has 3 rings (SSSR count). The Morgan fingerprint density at radius 1 is 1.08 bits per heavy atom. The number of aryl methyl sites for hydroxylation is 1. The van der Waals surface area contributed by atoms with E-state index >= 15 is 0 Å². The quantitative estimate of drug-likeness (QED) is 0.744. The van der Waals surface area contributed by atoms with Crippen molar-refractivity contribution in [2.45, 2.75) is 24.1 Å². The number of hydrogen-bond acceptors (Lipinski definition) is 4. The smallest absolute Gasteiger partial charge is 0.287 e. The van der Waals surface area contributed by atoms with Crippen molar-refractivity contribution in [2.75, 3.05) is 0 Å². The van der Waals surface area contributed by atoms with Gasteiger partial charge in [-0.3, -0.25) is 9.00 Å². The lowest BCUT2D eigenvalue weighted by atomic mass is 10.2. The van der Waals surface area contributed by atoms with Crippen LogP contribution in [0.4, 0.5) is 0 Å². The molecule has 0 saturated carbocycles. The number of rotatable bonds is 6. The lowest BCUT2D eigenvalue weighted by molar-refractivity contribution is 0.0919. The van der Waals surface area contributed by atoms with Crippen molar-refractivity contribution in [3.63, 3.8) is 0 Å². The van der Waals surface area contributed by atoms with Crippen molar-refractivity contribution >= 4 is 16.7 Å². The van der Waals surface area contributed by atoms with Gasteiger partial charge in [0.1, 0.15) is 11.5 Å². The minimum Gasteiger partial charge on any atom is -0.467 e. The fourth-order valence-corrected chi connectivity index (χ4v) is 3.17. The van der Waals surface area contributed by atoms with Crippen LogP contribution in [-0.2, 0) is 23.1 Å². The molecule has 0 unspecified atom stereocenters. The van der Waals surface area contributed by atoms with E-state index in [9.17, 15) is 9.00 Å². The van der Waals surface area contributed by atoms with Crippen LogP contribution in [-0.4, -0.2) is 10.1 Å². The molecule has 0 saturated heterocycles. The minimum atomic E-state index is -1.21. The van der Waals surface area contributed by atoms with E-state index in [1.165, 1.54) is 0 Å². The third-order valence-corrected chi connectivity index (χ3v) is 4.79. The highest BCUT2D eigenvalue weighted by molar-refractivity contribution is 7.84. The second kappa shape index (κ2) is 7.31. The molecule has 1 atom stereocenters. The second-order valence-electron chi connectivity index (χ2n) is 5.33. The summed E-state index contributed by atoms with van der Waals surface area (Å²) in [4.78, 5) is 12.8. The van der Waals surface area contributed by atoms with Crippen molar-refractivity contribution in [2.24, 2.45) is 0 Å². The summed E-state index contributed by atoms with van der Waals surface area (Å²) in [5.41, 5.74) is 1.12. The SMILES string of the molecule is Cc1ccc([S@](=O)Cc2ccc(C(=O)NCc3ccco3)o2)cc1. The number of nitrogens with one attached hydrogen (secondary N) is 1. The lowest BCUT2D eigenvalue weighted by Crippen LogP contribution is -2.21. The van der Waals surface area contributed by atoms with Crippen LogP contribution >= 0.6 is 0 Å². The average Bonchev–Trinajstić information content (AvgIpc) is 3.25. The van der Waals surface area contributed by atoms with Gasteiger partial charge in [-0.1, -0.05) is 17.7 Å². The Morgan fingerprint density at radius 3 is 2.58 bits per heavy atom. The molecule has 0 fully saturated rings. The summed E-state index contributed by atoms with van der Waals surface area (Å²) < 4.78 is 23.0. The van der Waals surface area contributed by atoms with Gasteiger partial charge in [0.05, 0.1) is 29.4 Å². The Morgan fingerprint density at radius 2 is 1.88 bits per heavy atom. The maximum absolute atomic E-state index is 12.3. The van der Waals surface area contributed by atoms with Gasteiger partial charge in [0.25, 0.3) is 5.91 Å². The van der Waals surface area contributed by atoms with Crippen LogP contribution in [0.3, 0.4) is 0 Å². The molecule has 0 aliphatic heterocycles. The molecule has 1 amide bonds. The lowest BCUT2D eigenvalue weighted by Gasteiger charge is -2.02. The molecule has 2 heterocycles. The summed E-state index contributed by atoms with van der Waals surface area (Å²) in [7, 11) is -1.21. The van der Waals surface area contributed by atoms with Crippen LogP contribution in [0.5, 0.6) is 0 Å². The topological polar surface area (TPSA) is 72.5 Å². The summed E-state index contributed by atoms with van der Waals surface area (Å²) in [5, 5.41) is 2.70. The van der Waals surface area contributed by atoms with E-state index in [2.05, 4.69) is 5.32 Å². The number of hydrogen-bond donors (Lipinski definition) is 1. The van der Waals surface area contributed by atoms with Gasteiger partial charge in [0.2, 0.25) is 0 Å². The molecule has 2 aromatic heterocycles. The Hall–Kier alpha value is -2.60. The van der Waals surface area contributed by atoms with Crippen molar-refractivity contribution < 1.29 is 17.8 Å². The molecule has 24 heavy (non-hydrogen) atoms.